The number of amides is 1. The summed E-state index contributed by atoms with van der Waals surface area (Å²) in [6, 6.07) is 1.63. The fourth-order valence-corrected chi connectivity index (χ4v) is 2.05. The van der Waals surface area contributed by atoms with Crippen molar-refractivity contribution in [1.82, 2.24) is 4.98 Å². The number of anilines is 1. The fourth-order valence-electron chi connectivity index (χ4n) is 1.30. The number of carbonyl (C=O) groups is 1. The second-order valence-corrected chi connectivity index (χ2v) is 4.56. The number of nitrogens with two attached hydrogens (primary N) is 1. The molecule has 0 aromatic carbocycles. The molecule has 0 radical (unpaired) electrons. The highest BCUT2D eigenvalue weighted by Crippen LogP contribution is 2.19. The van der Waals surface area contributed by atoms with Gasteiger partial charge in [-0.1, -0.05) is 6.92 Å². The molecule has 90 valence electrons. The van der Waals surface area contributed by atoms with Crippen LogP contribution < -0.4 is 11.1 Å². The molecule has 0 fully saturated rings. The highest BCUT2D eigenvalue weighted by molar-refractivity contribution is 7.15. The van der Waals surface area contributed by atoms with Gasteiger partial charge in [-0.2, -0.15) is 0 Å². The summed E-state index contributed by atoms with van der Waals surface area (Å²) >= 11 is 1.47. The van der Waals surface area contributed by atoms with Gasteiger partial charge in [-0.05, 0) is 12.5 Å². The van der Waals surface area contributed by atoms with Gasteiger partial charge in [-0.15, -0.1) is 11.3 Å². The zero-order valence-corrected chi connectivity index (χ0v) is 10.2. The van der Waals surface area contributed by atoms with Crippen molar-refractivity contribution >= 4 is 22.4 Å². The molecular formula is C11H13N3O2S. The second-order valence-electron chi connectivity index (χ2n) is 3.45. The van der Waals surface area contributed by atoms with Gasteiger partial charge in [-0.3, -0.25) is 10.1 Å². The van der Waals surface area contributed by atoms with Crippen molar-refractivity contribution in [3.8, 4) is 0 Å². The lowest BCUT2D eigenvalue weighted by atomic mass is 10.3. The number of aryl methyl sites for hydroxylation is 1. The van der Waals surface area contributed by atoms with Gasteiger partial charge in [0.25, 0.3) is 5.91 Å². The normalized spacial score (nSPS) is 10.5. The van der Waals surface area contributed by atoms with E-state index in [1.54, 1.807) is 12.3 Å². The minimum Gasteiger partial charge on any atom is -0.467 e. The van der Waals surface area contributed by atoms with E-state index in [1.807, 2.05) is 6.92 Å². The molecule has 0 saturated carbocycles. The zero-order chi connectivity index (χ0) is 12.3. The van der Waals surface area contributed by atoms with Gasteiger partial charge in [0.05, 0.1) is 12.1 Å². The summed E-state index contributed by atoms with van der Waals surface area (Å²) in [5.41, 5.74) is 5.86. The number of rotatable bonds is 4. The molecule has 3 N–H and O–H groups in total. The van der Waals surface area contributed by atoms with Crippen molar-refractivity contribution in [2.45, 2.75) is 19.9 Å². The first-order valence-electron chi connectivity index (χ1n) is 5.26. The SMILES string of the molecule is CCc1cnc(NC(=O)c2coc(CN)c2)s1. The number of carbonyl (C=O) groups excluding carboxylic acids is 1. The van der Waals surface area contributed by atoms with Gasteiger partial charge >= 0.3 is 0 Å². The van der Waals surface area contributed by atoms with Crippen LogP contribution in [0.3, 0.4) is 0 Å². The summed E-state index contributed by atoms with van der Waals surface area (Å²) in [5, 5.41) is 3.32. The Bertz CT molecular complexity index is 518. The van der Waals surface area contributed by atoms with Gasteiger partial charge in [0.15, 0.2) is 5.13 Å². The topological polar surface area (TPSA) is 81.2 Å². The van der Waals surface area contributed by atoms with E-state index >= 15 is 0 Å². The fraction of sp³-hybridized carbons (Fsp3) is 0.273. The van der Waals surface area contributed by atoms with E-state index in [-0.39, 0.29) is 12.5 Å². The first kappa shape index (κ1) is 11.8. The minimum absolute atomic E-state index is 0.231. The van der Waals surface area contributed by atoms with Gasteiger partial charge in [-0.25, -0.2) is 4.98 Å². The molecule has 1 amide bonds. The predicted molar refractivity (Wildman–Crippen MR) is 66.0 cm³/mol. The van der Waals surface area contributed by atoms with Crippen molar-refractivity contribution in [3.05, 3.63) is 34.7 Å². The Balaban J connectivity index is 2.05. The lowest BCUT2D eigenvalue weighted by Crippen LogP contribution is -2.10. The Labute approximate surface area is 103 Å². The number of nitrogens with zero attached hydrogens (tertiary/aromatic N) is 1. The van der Waals surface area contributed by atoms with E-state index in [4.69, 9.17) is 10.2 Å². The molecule has 0 aliphatic rings. The molecule has 0 aliphatic carbocycles. The van der Waals surface area contributed by atoms with Crippen LogP contribution >= 0.6 is 11.3 Å². The maximum atomic E-state index is 11.8. The number of aromatic nitrogens is 1. The second kappa shape index (κ2) is 5.11. The molecular weight excluding hydrogens is 238 g/mol. The smallest absolute Gasteiger partial charge is 0.260 e. The maximum Gasteiger partial charge on any atom is 0.260 e. The average Bonchev–Trinajstić information content (AvgIpc) is 2.96. The van der Waals surface area contributed by atoms with Crippen LogP contribution in [0, 0.1) is 0 Å². The van der Waals surface area contributed by atoms with Gasteiger partial charge in [0.2, 0.25) is 0 Å². The third-order valence-corrected chi connectivity index (χ3v) is 3.30. The zero-order valence-electron chi connectivity index (χ0n) is 9.40. The Kier molecular flexibility index (Phi) is 3.55. The molecule has 5 nitrogen and oxygen atoms in total. The van der Waals surface area contributed by atoms with Crippen molar-refractivity contribution in [2.24, 2.45) is 5.73 Å². The van der Waals surface area contributed by atoms with Gasteiger partial charge in [0, 0.05) is 11.1 Å². The van der Waals surface area contributed by atoms with E-state index < -0.39 is 0 Å². The summed E-state index contributed by atoms with van der Waals surface area (Å²) < 4.78 is 5.10. The maximum absolute atomic E-state index is 11.8. The number of thiazole rings is 1. The van der Waals surface area contributed by atoms with E-state index in [1.165, 1.54) is 17.6 Å². The molecule has 17 heavy (non-hydrogen) atoms. The largest absolute Gasteiger partial charge is 0.467 e. The van der Waals surface area contributed by atoms with Crippen LogP contribution in [0.4, 0.5) is 5.13 Å². The van der Waals surface area contributed by atoms with Crippen LogP contribution in [-0.4, -0.2) is 10.9 Å². The van der Waals surface area contributed by atoms with Crippen LogP contribution in [-0.2, 0) is 13.0 Å². The van der Waals surface area contributed by atoms with Crippen LogP contribution in [0.1, 0.15) is 27.9 Å². The monoisotopic (exact) mass is 251 g/mol. The van der Waals surface area contributed by atoms with Crippen molar-refractivity contribution in [2.75, 3.05) is 5.32 Å². The molecule has 6 heteroatoms. The third kappa shape index (κ3) is 2.72. The number of hydrogen-bond acceptors (Lipinski definition) is 5. The highest BCUT2D eigenvalue weighted by atomic mass is 32.1. The first-order valence-corrected chi connectivity index (χ1v) is 6.08. The van der Waals surface area contributed by atoms with Crippen molar-refractivity contribution in [3.63, 3.8) is 0 Å². The summed E-state index contributed by atoms with van der Waals surface area (Å²) in [5.74, 6) is 0.356. The predicted octanol–water partition coefficient (Wildman–Crippen LogP) is 2.01. The van der Waals surface area contributed by atoms with E-state index in [2.05, 4.69) is 10.3 Å². The van der Waals surface area contributed by atoms with E-state index in [0.717, 1.165) is 11.3 Å². The summed E-state index contributed by atoms with van der Waals surface area (Å²) in [6.45, 7) is 2.33. The summed E-state index contributed by atoms with van der Waals surface area (Å²) in [6.07, 6.45) is 4.07. The third-order valence-electron chi connectivity index (χ3n) is 2.24. The van der Waals surface area contributed by atoms with Gasteiger partial charge < -0.3 is 10.2 Å². The Morgan fingerprint density at radius 1 is 1.65 bits per heavy atom. The average molecular weight is 251 g/mol. The quantitative estimate of drug-likeness (QED) is 0.871. The molecule has 2 aromatic rings. The number of hydrogen-bond donors (Lipinski definition) is 2. The minimum atomic E-state index is -0.231. The van der Waals surface area contributed by atoms with Crippen molar-refractivity contribution < 1.29 is 9.21 Å². The van der Waals surface area contributed by atoms with Crippen molar-refractivity contribution in [1.29, 1.82) is 0 Å². The lowest BCUT2D eigenvalue weighted by Gasteiger charge is -1.96. The number of nitrogens with one attached hydrogen (secondary N) is 1. The van der Waals surface area contributed by atoms with E-state index in [9.17, 15) is 4.79 Å². The molecule has 2 heterocycles. The molecule has 2 aromatic heterocycles. The van der Waals surface area contributed by atoms with E-state index in [0.29, 0.717) is 16.5 Å². The summed E-state index contributed by atoms with van der Waals surface area (Å²) in [7, 11) is 0. The van der Waals surface area contributed by atoms with Crippen LogP contribution in [0.2, 0.25) is 0 Å². The molecule has 0 aliphatic heterocycles. The molecule has 0 bridgehead atoms. The number of furan rings is 1. The van der Waals surface area contributed by atoms with Gasteiger partial charge in [0.1, 0.15) is 12.0 Å². The lowest BCUT2D eigenvalue weighted by molar-refractivity contribution is 0.102. The Hall–Kier alpha value is -1.66. The highest BCUT2D eigenvalue weighted by Gasteiger charge is 2.11. The Morgan fingerprint density at radius 2 is 2.47 bits per heavy atom. The first-order chi connectivity index (χ1) is 8.22. The molecule has 0 saturated heterocycles. The molecule has 0 unspecified atom stereocenters. The van der Waals surface area contributed by atoms with Crippen LogP contribution in [0.25, 0.3) is 0 Å². The van der Waals surface area contributed by atoms with Crippen LogP contribution in [0.15, 0.2) is 22.9 Å². The molecule has 2 rings (SSSR count). The molecule has 0 spiro atoms. The Morgan fingerprint density at radius 3 is 3.06 bits per heavy atom. The van der Waals surface area contributed by atoms with Crippen LogP contribution in [0.5, 0.6) is 0 Å². The summed E-state index contributed by atoms with van der Waals surface area (Å²) in [4.78, 5) is 17.0. The molecule has 0 atom stereocenters. The standard InChI is InChI=1S/C11H13N3O2S/c1-2-9-5-13-11(17-9)14-10(15)7-3-8(4-12)16-6-7/h3,5-6H,2,4,12H2,1H3,(H,13,14,15).